The quantitative estimate of drug-likeness (QED) is 0.804. The van der Waals surface area contributed by atoms with E-state index in [1.807, 2.05) is 0 Å². The van der Waals surface area contributed by atoms with Crippen LogP contribution in [0.25, 0.3) is 0 Å². The van der Waals surface area contributed by atoms with Gasteiger partial charge < -0.3 is 15.3 Å². The minimum absolute atomic E-state index is 0.0260. The zero-order chi connectivity index (χ0) is 13.9. The van der Waals surface area contributed by atoms with Crippen molar-refractivity contribution < 1.29 is 5.11 Å². The van der Waals surface area contributed by atoms with Gasteiger partial charge in [-0.25, -0.2) is 0 Å². The molecule has 2 saturated carbocycles. The van der Waals surface area contributed by atoms with E-state index in [1.165, 1.54) is 38.5 Å². The number of nitrogens with one attached hydrogen (secondary N) is 1. The van der Waals surface area contributed by atoms with Gasteiger partial charge in [-0.2, -0.15) is 0 Å². The number of aliphatic hydroxyl groups excluding tert-OH is 1. The minimum atomic E-state index is -0.0260. The largest absolute Gasteiger partial charge is 0.394 e. The third-order valence-electron chi connectivity index (χ3n) is 5.21. The Hall–Kier alpha value is -0.120. The second kappa shape index (κ2) is 6.55. The molecule has 19 heavy (non-hydrogen) atoms. The van der Waals surface area contributed by atoms with Gasteiger partial charge >= 0.3 is 0 Å². The Morgan fingerprint density at radius 3 is 2.42 bits per heavy atom. The Labute approximate surface area is 118 Å². The van der Waals surface area contributed by atoms with E-state index >= 15 is 0 Å². The predicted molar refractivity (Wildman–Crippen MR) is 80.4 cm³/mol. The number of hydrogen-bond acceptors (Lipinski definition) is 3. The highest BCUT2D eigenvalue weighted by Crippen LogP contribution is 2.35. The van der Waals surface area contributed by atoms with Crippen molar-refractivity contribution in [2.45, 2.75) is 88.9 Å². The third-order valence-corrected chi connectivity index (χ3v) is 5.21. The molecule has 2 rings (SSSR count). The fraction of sp³-hybridized carbons (Fsp3) is 1.00. The van der Waals surface area contributed by atoms with Gasteiger partial charge in [0.15, 0.2) is 0 Å². The Bertz CT molecular complexity index is 276. The van der Waals surface area contributed by atoms with E-state index in [9.17, 15) is 5.11 Å². The molecule has 0 saturated heterocycles. The highest BCUT2D eigenvalue weighted by atomic mass is 16.3. The Morgan fingerprint density at radius 2 is 1.84 bits per heavy atom. The number of rotatable bonds is 5. The second-order valence-electron chi connectivity index (χ2n) is 7.09. The van der Waals surface area contributed by atoms with Crippen LogP contribution in [0.5, 0.6) is 0 Å². The molecule has 0 radical (unpaired) electrons. The molecule has 0 spiro atoms. The molecular formula is C16H32N2O. The van der Waals surface area contributed by atoms with Crippen LogP contribution in [-0.2, 0) is 0 Å². The van der Waals surface area contributed by atoms with E-state index in [4.69, 9.17) is 0 Å². The van der Waals surface area contributed by atoms with Crippen LogP contribution < -0.4 is 5.32 Å². The number of aliphatic hydroxyl groups is 1. The molecule has 3 nitrogen and oxygen atoms in total. The van der Waals surface area contributed by atoms with Crippen LogP contribution in [0, 0.1) is 0 Å². The molecule has 0 aromatic heterocycles. The summed E-state index contributed by atoms with van der Waals surface area (Å²) in [6.45, 7) is 4.63. The highest BCUT2D eigenvalue weighted by Gasteiger charge is 2.41. The van der Waals surface area contributed by atoms with E-state index in [0.29, 0.717) is 12.1 Å². The Kier molecular flexibility index (Phi) is 5.27. The molecule has 112 valence electrons. The summed E-state index contributed by atoms with van der Waals surface area (Å²) in [5.74, 6) is 0. The van der Waals surface area contributed by atoms with Crippen molar-refractivity contribution in [3.8, 4) is 0 Å². The van der Waals surface area contributed by atoms with Crippen LogP contribution in [0.15, 0.2) is 0 Å². The van der Waals surface area contributed by atoms with E-state index in [2.05, 4.69) is 31.1 Å². The fourth-order valence-corrected chi connectivity index (χ4v) is 4.16. The number of nitrogens with zero attached hydrogens (tertiary/aromatic N) is 1. The van der Waals surface area contributed by atoms with Gasteiger partial charge in [0.05, 0.1) is 6.61 Å². The Morgan fingerprint density at radius 1 is 1.16 bits per heavy atom. The highest BCUT2D eigenvalue weighted by molar-refractivity contribution is 5.00. The lowest BCUT2D eigenvalue weighted by Crippen LogP contribution is -2.51. The molecule has 0 aliphatic heterocycles. The number of hydrogen-bond donors (Lipinski definition) is 2. The predicted octanol–water partition coefficient (Wildman–Crippen LogP) is 2.53. The lowest BCUT2D eigenvalue weighted by Gasteiger charge is -2.37. The third kappa shape index (κ3) is 3.71. The topological polar surface area (TPSA) is 35.5 Å². The van der Waals surface area contributed by atoms with E-state index in [0.717, 1.165) is 18.9 Å². The zero-order valence-electron chi connectivity index (χ0n) is 13.0. The summed E-state index contributed by atoms with van der Waals surface area (Å²) in [5, 5.41) is 13.4. The first kappa shape index (κ1) is 15.3. The molecule has 2 atom stereocenters. The Balaban J connectivity index is 1.92. The molecule has 0 bridgehead atoms. The molecule has 0 amide bonds. The zero-order valence-corrected chi connectivity index (χ0v) is 13.0. The molecule has 2 unspecified atom stereocenters. The van der Waals surface area contributed by atoms with Gasteiger partial charge in [-0.3, -0.25) is 0 Å². The SMILES string of the molecule is CC(C)NC1(CO)CCC(N(C)C2CCCCC2)C1. The monoisotopic (exact) mass is 268 g/mol. The van der Waals surface area contributed by atoms with E-state index in [1.54, 1.807) is 0 Å². The molecule has 2 aliphatic carbocycles. The summed E-state index contributed by atoms with van der Waals surface area (Å²) in [5.41, 5.74) is -0.0260. The molecule has 2 fully saturated rings. The van der Waals surface area contributed by atoms with Crippen LogP contribution in [0.2, 0.25) is 0 Å². The molecule has 0 heterocycles. The maximum Gasteiger partial charge on any atom is 0.0614 e. The lowest BCUT2D eigenvalue weighted by molar-refractivity contribution is 0.114. The van der Waals surface area contributed by atoms with Crippen LogP contribution in [0.1, 0.15) is 65.2 Å². The van der Waals surface area contributed by atoms with Crippen molar-refractivity contribution in [3.05, 3.63) is 0 Å². The van der Waals surface area contributed by atoms with Crippen LogP contribution in [0.3, 0.4) is 0 Å². The van der Waals surface area contributed by atoms with E-state index < -0.39 is 0 Å². The van der Waals surface area contributed by atoms with E-state index in [-0.39, 0.29) is 12.1 Å². The summed E-state index contributed by atoms with van der Waals surface area (Å²) in [7, 11) is 2.31. The molecule has 2 aliphatic rings. The second-order valence-corrected chi connectivity index (χ2v) is 7.09. The van der Waals surface area contributed by atoms with Crippen LogP contribution in [-0.4, -0.2) is 47.3 Å². The normalized spacial score (nSPS) is 33.5. The molecule has 0 aromatic carbocycles. The summed E-state index contributed by atoms with van der Waals surface area (Å²) < 4.78 is 0. The van der Waals surface area contributed by atoms with Gasteiger partial charge in [-0.15, -0.1) is 0 Å². The van der Waals surface area contributed by atoms with Gasteiger partial charge in [0, 0.05) is 23.7 Å². The fourth-order valence-electron chi connectivity index (χ4n) is 4.16. The van der Waals surface area contributed by atoms with Crippen molar-refractivity contribution in [1.82, 2.24) is 10.2 Å². The summed E-state index contributed by atoms with van der Waals surface area (Å²) in [6.07, 6.45) is 10.4. The maximum absolute atomic E-state index is 9.79. The molecule has 3 heteroatoms. The van der Waals surface area contributed by atoms with Crippen molar-refractivity contribution in [3.63, 3.8) is 0 Å². The smallest absolute Gasteiger partial charge is 0.0614 e. The lowest BCUT2D eigenvalue weighted by atomic mass is 9.92. The summed E-state index contributed by atoms with van der Waals surface area (Å²) in [4.78, 5) is 2.62. The maximum atomic E-state index is 9.79. The first-order chi connectivity index (χ1) is 9.06. The summed E-state index contributed by atoms with van der Waals surface area (Å²) in [6, 6.07) is 1.89. The average Bonchev–Trinajstić information content (AvgIpc) is 2.83. The van der Waals surface area contributed by atoms with Gasteiger partial charge in [0.1, 0.15) is 0 Å². The van der Waals surface area contributed by atoms with Gasteiger partial charge in [0.25, 0.3) is 0 Å². The van der Waals surface area contributed by atoms with Crippen molar-refractivity contribution in [2.24, 2.45) is 0 Å². The van der Waals surface area contributed by atoms with Crippen molar-refractivity contribution in [1.29, 1.82) is 0 Å². The van der Waals surface area contributed by atoms with Crippen molar-refractivity contribution in [2.75, 3.05) is 13.7 Å². The minimum Gasteiger partial charge on any atom is -0.394 e. The molecular weight excluding hydrogens is 236 g/mol. The first-order valence-corrected chi connectivity index (χ1v) is 8.17. The first-order valence-electron chi connectivity index (χ1n) is 8.17. The van der Waals surface area contributed by atoms with Gasteiger partial charge in [0.2, 0.25) is 0 Å². The molecule has 2 N–H and O–H groups in total. The average molecular weight is 268 g/mol. The van der Waals surface area contributed by atoms with Gasteiger partial charge in [-0.05, 0) is 39.2 Å². The summed E-state index contributed by atoms with van der Waals surface area (Å²) >= 11 is 0. The molecule has 0 aromatic rings. The van der Waals surface area contributed by atoms with Crippen molar-refractivity contribution >= 4 is 0 Å². The standard InChI is InChI=1S/C16H32N2O/c1-13(2)17-16(12-19)10-9-15(11-16)18(3)14-7-5-4-6-8-14/h13-15,17,19H,4-12H2,1-3H3. The van der Waals surface area contributed by atoms with Crippen LogP contribution >= 0.6 is 0 Å². The van der Waals surface area contributed by atoms with Gasteiger partial charge in [-0.1, -0.05) is 33.1 Å². The van der Waals surface area contributed by atoms with Crippen LogP contribution in [0.4, 0.5) is 0 Å².